The lowest BCUT2D eigenvalue weighted by Gasteiger charge is -2.37. The van der Waals surface area contributed by atoms with Gasteiger partial charge in [0.25, 0.3) is 5.91 Å². The van der Waals surface area contributed by atoms with Crippen molar-refractivity contribution in [2.24, 2.45) is 23.3 Å². The number of ether oxygens (including phenoxy) is 2. The molecule has 6 aromatic rings. The van der Waals surface area contributed by atoms with Crippen LogP contribution < -0.4 is 68.8 Å². The van der Waals surface area contributed by atoms with Gasteiger partial charge in [0.2, 0.25) is 59.1 Å². The van der Waals surface area contributed by atoms with E-state index in [9.17, 15) is 48.3 Å². The number of aliphatic hydroxyl groups excluding tert-OH is 1. The highest BCUT2D eigenvalue weighted by Crippen LogP contribution is 2.37. The van der Waals surface area contributed by atoms with Crippen LogP contribution >= 0.6 is 0 Å². The number of aromatic amines is 2. The molecule has 29 nitrogen and oxygen atoms in total. The number of amides is 11. The van der Waals surface area contributed by atoms with Gasteiger partial charge in [0.05, 0.1) is 38.1 Å². The van der Waals surface area contributed by atoms with Gasteiger partial charge in [0.15, 0.2) is 11.5 Å². The monoisotopic (exact) mass is 1520 g/mol. The Morgan fingerprint density at radius 2 is 1.31 bits per heavy atom. The summed E-state index contributed by atoms with van der Waals surface area (Å²) in [5.41, 5.74) is 9.72. The Morgan fingerprint density at radius 3 is 1.92 bits per heavy atom. The number of aromatic nitrogens is 2. The van der Waals surface area contributed by atoms with Crippen molar-refractivity contribution in [1.29, 1.82) is 0 Å². The second-order valence-corrected chi connectivity index (χ2v) is 28.7. The van der Waals surface area contributed by atoms with Gasteiger partial charge in [0.1, 0.15) is 83.7 Å². The number of nitrogens with two attached hydrogens (primary N) is 2. The number of aliphatic hydroxyl groups is 1. The van der Waals surface area contributed by atoms with Crippen molar-refractivity contribution in [3.8, 4) is 11.5 Å². The zero-order valence-electron chi connectivity index (χ0n) is 61.3. The Bertz CT molecular complexity index is 4340. The number of nitrogens with zero attached hydrogens (tertiary/aromatic N) is 1. The van der Waals surface area contributed by atoms with E-state index in [1.165, 1.54) is 80.7 Å². The third-order valence-corrected chi connectivity index (χ3v) is 20.1. The normalized spacial score (nSPS) is 25.7. The minimum atomic E-state index is -2.57. The molecule has 4 aliphatic rings. The van der Waals surface area contributed by atoms with Crippen molar-refractivity contribution in [1.82, 2.24) is 62.7 Å². The van der Waals surface area contributed by atoms with Gasteiger partial charge < -0.3 is 88.8 Å². The number of primary amides is 1. The predicted octanol–water partition coefficient (Wildman–Crippen LogP) is 2.06. The number of H-pyrrole nitrogens is 2. The van der Waals surface area contributed by atoms with E-state index < -0.39 is 198 Å². The summed E-state index contributed by atoms with van der Waals surface area (Å²) in [6.07, 6.45) is -3.31. The fourth-order valence-corrected chi connectivity index (χ4v) is 13.8. The van der Waals surface area contributed by atoms with Gasteiger partial charge in [-0.3, -0.25) is 57.5 Å². The molecule has 1 saturated carbocycles. The quantitative estimate of drug-likeness (QED) is 0.0397. The molecule has 0 spiro atoms. The lowest BCUT2D eigenvalue weighted by Crippen LogP contribution is -2.63. The smallest absolute Gasteiger partial charge is 0.257 e. The first-order valence-electron chi connectivity index (χ1n) is 36.2. The van der Waals surface area contributed by atoms with E-state index in [0.717, 1.165) is 26.8 Å². The Labute approximate surface area is 625 Å². The van der Waals surface area contributed by atoms with Gasteiger partial charge in [-0.05, 0) is 169 Å². The number of hydrogen-bond donors (Lipinski definition) is 14. The average molecular weight is 1520 g/mol. The SMILES string of the molecule is COc1ccc(C[C@@H]2NC(=O)[C@H]([C@@H](C)O)NC(=O)[C@@H]3C[C@H](F)CC3C(=O)[C@H](Cc3c[nH]c4ccc(F)cc34)NC(=O)[C@H](Cc3c[nH]c4ccc(F)cc34)NC(=O)[C@H](C)NC(=O)[C@H](CCCCN)NC(=O)[C@@H](NC(=O)C(C)(C)F)CC(=O)NCCOc3ccc(cc3)C[C@@H](C(N)=O)NC(=O)[C@]3(C)CCCN3C2=O)cc1. The summed E-state index contributed by atoms with van der Waals surface area (Å²) in [7, 11) is 1.44. The molecule has 2 aromatic heterocycles. The zero-order chi connectivity index (χ0) is 79.2. The molecule has 3 aliphatic heterocycles. The topological polar surface area (TPSA) is 439 Å². The van der Waals surface area contributed by atoms with Crippen molar-refractivity contribution in [3.05, 3.63) is 131 Å². The number of rotatable bonds is 15. The third kappa shape index (κ3) is 21.1. The Morgan fingerprint density at radius 1 is 0.716 bits per heavy atom. The molecule has 2 bridgehead atoms. The third-order valence-electron chi connectivity index (χ3n) is 20.1. The van der Waals surface area contributed by atoms with E-state index in [0.29, 0.717) is 34.3 Å². The van der Waals surface area contributed by atoms with Crippen molar-refractivity contribution in [2.75, 3.05) is 33.4 Å². The van der Waals surface area contributed by atoms with Crippen LogP contribution in [0.4, 0.5) is 17.6 Å². The number of hydrogen-bond acceptors (Lipinski definition) is 16. The second-order valence-electron chi connectivity index (χ2n) is 28.7. The van der Waals surface area contributed by atoms with Crippen molar-refractivity contribution in [3.63, 3.8) is 0 Å². The number of ketones is 1. The second kappa shape index (κ2) is 36.3. The Kier molecular flexibility index (Phi) is 27.3. The van der Waals surface area contributed by atoms with Crippen molar-refractivity contribution in [2.45, 2.75) is 183 Å². The van der Waals surface area contributed by atoms with Crippen LogP contribution in [0.15, 0.2) is 97.3 Å². The number of Topliss-reactive ketones (excluding diaryl/α,β-unsaturated/α-hetero) is 1. The molecule has 0 radical (unpaired) electrons. The summed E-state index contributed by atoms with van der Waals surface area (Å²) in [5.74, 6) is -15.9. The van der Waals surface area contributed by atoms with E-state index in [1.54, 1.807) is 36.4 Å². The summed E-state index contributed by atoms with van der Waals surface area (Å²) in [4.78, 5) is 181. The highest BCUT2D eigenvalue weighted by molar-refractivity contribution is 6.02. The average Bonchev–Trinajstić information content (AvgIpc) is 1.68. The molecular formula is C76H94F4N14O15. The van der Waals surface area contributed by atoms with Crippen molar-refractivity contribution >= 4 is 92.6 Å². The first kappa shape index (κ1) is 82.1. The highest BCUT2D eigenvalue weighted by atomic mass is 19.1. The van der Waals surface area contributed by atoms with E-state index in [-0.39, 0.29) is 92.4 Å². The molecule has 5 heterocycles. The number of alkyl halides is 2. The summed E-state index contributed by atoms with van der Waals surface area (Å²) in [6, 6.07) is 7.03. The fourth-order valence-electron chi connectivity index (χ4n) is 13.8. The molecule has 109 heavy (non-hydrogen) atoms. The van der Waals surface area contributed by atoms with Crippen LogP contribution in [0.2, 0.25) is 0 Å². The molecule has 1 unspecified atom stereocenters. The number of carbonyl (C=O) groups excluding carboxylic acids is 12. The summed E-state index contributed by atoms with van der Waals surface area (Å²) < 4.78 is 72.7. The zero-order valence-corrected chi connectivity index (χ0v) is 61.3. The van der Waals surface area contributed by atoms with Gasteiger partial charge >= 0.3 is 0 Å². The van der Waals surface area contributed by atoms with Gasteiger partial charge in [-0.15, -0.1) is 0 Å². The largest absolute Gasteiger partial charge is 0.497 e. The van der Waals surface area contributed by atoms with Crippen LogP contribution in [0, 0.1) is 23.5 Å². The molecule has 4 aromatic carbocycles. The number of unbranched alkanes of at least 4 members (excludes halogenated alkanes) is 1. The van der Waals surface area contributed by atoms with Crippen LogP contribution in [-0.2, 0) is 83.2 Å². The highest BCUT2D eigenvalue weighted by Gasteiger charge is 2.50. The van der Waals surface area contributed by atoms with Gasteiger partial charge in [-0.1, -0.05) is 24.3 Å². The predicted molar refractivity (Wildman–Crippen MR) is 389 cm³/mol. The number of benzene rings is 4. The maximum Gasteiger partial charge on any atom is 0.257 e. The maximum atomic E-state index is 16.3. The van der Waals surface area contributed by atoms with E-state index >= 15 is 31.9 Å². The molecule has 2 fully saturated rings. The Balaban J connectivity index is 1.08. The standard InChI is InChI=1S/C76H94F4N14O15/c1-39-66(99)89-59(31-44-38-85-55-22-16-46(78)33-51(44)55)69(102)88-57(30-43-37-84-54-21-15-45(77)32-50(43)54)64(97)52-34-47(79)35-53(52)67(100)93-63(40(2)95)71(104)90-61(29-42-11-17-48(108-6)18-12-42)72(105)94-26-9-23-76(94,5)74(107)91-58(65(82)98)28-41-13-19-49(20-14-41)109-27-25-83-62(96)36-60(92-73(106)75(3,4)80)70(103)87-56(68(101)86-39)10-7-8-24-81/h11-22,32-33,37-40,47,52-53,56-61,63,84-85,95H,7-10,23-31,34-36,81H2,1-6H3,(H2,82,98)(H,83,96)(H,86,101)(H,87,103)(H,88,102)(H,89,99)(H,90,104)(H,91,107)(H,92,106)(H,93,100)/t39-,40+,47+,52?,53+,56-,57-,58-,59-,60-,61-,63-,76-/m0/s1. The summed E-state index contributed by atoms with van der Waals surface area (Å²) >= 11 is 0. The van der Waals surface area contributed by atoms with Gasteiger partial charge in [-0.2, -0.15) is 0 Å². The molecule has 586 valence electrons. The fraction of sp³-hybridized carbons (Fsp3) is 0.474. The van der Waals surface area contributed by atoms with Crippen LogP contribution in [0.3, 0.4) is 0 Å². The van der Waals surface area contributed by atoms with E-state index in [1.807, 2.05) is 0 Å². The lowest BCUT2D eigenvalue weighted by atomic mass is 9.85. The molecule has 1 saturated heterocycles. The summed E-state index contributed by atoms with van der Waals surface area (Å²) in [6.45, 7) is 5.48. The number of methoxy groups -OCH3 is 1. The van der Waals surface area contributed by atoms with Crippen LogP contribution in [0.1, 0.15) is 108 Å². The number of halogens is 4. The summed E-state index contributed by atoms with van der Waals surface area (Å²) in [5, 5.41) is 34.9. The molecule has 13 atom stereocenters. The van der Waals surface area contributed by atoms with Crippen LogP contribution in [-0.4, -0.2) is 196 Å². The minimum Gasteiger partial charge on any atom is -0.497 e. The van der Waals surface area contributed by atoms with Crippen molar-refractivity contribution < 1.29 is 89.7 Å². The number of carbonyl (C=O) groups is 12. The Hall–Kier alpha value is -11.0. The number of nitrogens with one attached hydrogen (secondary N) is 11. The molecular weight excluding hydrogens is 1420 g/mol. The van der Waals surface area contributed by atoms with Gasteiger partial charge in [-0.25, -0.2) is 17.6 Å². The van der Waals surface area contributed by atoms with Gasteiger partial charge in [0, 0.05) is 72.3 Å². The first-order chi connectivity index (χ1) is 51.7. The molecule has 10 rings (SSSR count). The lowest BCUT2D eigenvalue weighted by molar-refractivity contribution is -0.147. The molecule has 1 aliphatic carbocycles. The minimum absolute atomic E-state index is 0.0220. The first-order valence-corrected chi connectivity index (χ1v) is 36.2. The number of fused-ring (bicyclic) bond motifs is 32. The van der Waals surface area contributed by atoms with Crippen LogP contribution in [0.5, 0.6) is 11.5 Å². The van der Waals surface area contributed by atoms with E-state index in [2.05, 4.69) is 57.8 Å². The van der Waals surface area contributed by atoms with Crippen LogP contribution in [0.25, 0.3) is 21.8 Å². The van der Waals surface area contributed by atoms with E-state index in [4.69, 9.17) is 20.9 Å². The molecule has 33 heteroatoms. The maximum absolute atomic E-state index is 16.3. The molecule has 16 N–H and O–H groups in total. The molecule has 11 amide bonds.